The molecular weight excluding hydrogens is 344 g/mol. The number of aryl methyl sites for hydroxylation is 2. The van der Waals surface area contributed by atoms with Crippen molar-refractivity contribution in [3.8, 4) is 11.3 Å². The predicted molar refractivity (Wildman–Crippen MR) is 103 cm³/mol. The van der Waals surface area contributed by atoms with Gasteiger partial charge in [0.25, 0.3) is 5.56 Å². The lowest BCUT2D eigenvalue weighted by Gasteiger charge is -2.10. The monoisotopic (exact) mass is 366 g/mol. The Balaban J connectivity index is 1.67. The van der Waals surface area contributed by atoms with E-state index in [-0.39, 0.29) is 17.4 Å². The number of aromatic nitrogens is 2. The van der Waals surface area contributed by atoms with Gasteiger partial charge in [-0.1, -0.05) is 18.2 Å². The molecule has 0 unspecified atom stereocenters. The van der Waals surface area contributed by atoms with Crippen molar-refractivity contribution in [1.29, 1.82) is 0 Å². The Bertz CT molecular complexity index is 977. The van der Waals surface area contributed by atoms with Gasteiger partial charge in [0.1, 0.15) is 5.76 Å². The maximum absolute atomic E-state index is 12.3. The first-order chi connectivity index (χ1) is 13.0. The zero-order valence-corrected chi connectivity index (χ0v) is 15.1. The molecule has 0 aliphatic carbocycles. The largest absolute Gasteiger partial charge is 0.464 e. The van der Waals surface area contributed by atoms with Crippen LogP contribution in [0, 0.1) is 0 Å². The van der Waals surface area contributed by atoms with Crippen molar-refractivity contribution in [3.63, 3.8) is 0 Å². The number of anilines is 1. The molecule has 7 nitrogen and oxygen atoms in total. The highest BCUT2D eigenvalue weighted by Gasteiger charge is 2.08. The molecular formula is C20H22N4O3. The number of hydrogen-bond donors (Lipinski definition) is 2. The van der Waals surface area contributed by atoms with Crippen LogP contribution in [0.3, 0.4) is 0 Å². The summed E-state index contributed by atoms with van der Waals surface area (Å²) < 4.78 is 6.79. The summed E-state index contributed by atoms with van der Waals surface area (Å²) in [6.07, 6.45) is 2.99. The highest BCUT2D eigenvalue weighted by molar-refractivity contribution is 5.72. The van der Waals surface area contributed by atoms with Crippen LogP contribution in [-0.2, 0) is 24.2 Å². The molecule has 140 valence electrons. The number of hydrogen-bond acceptors (Lipinski definition) is 5. The second-order valence-electron chi connectivity index (χ2n) is 6.26. The molecule has 27 heavy (non-hydrogen) atoms. The van der Waals surface area contributed by atoms with Gasteiger partial charge in [-0.15, -0.1) is 0 Å². The number of amides is 1. The van der Waals surface area contributed by atoms with E-state index in [1.54, 1.807) is 6.26 Å². The van der Waals surface area contributed by atoms with Gasteiger partial charge < -0.3 is 15.5 Å². The molecule has 2 aromatic heterocycles. The summed E-state index contributed by atoms with van der Waals surface area (Å²) in [4.78, 5) is 27.5. The normalized spacial score (nSPS) is 10.7. The van der Waals surface area contributed by atoms with Gasteiger partial charge in [0.05, 0.1) is 12.0 Å². The summed E-state index contributed by atoms with van der Waals surface area (Å²) in [6.45, 7) is 2.05. The summed E-state index contributed by atoms with van der Waals surface area (Å²) in [5, 5.41) is 2.64. The third-order valence-corrected chi connectivity index (χ3v) is 4.20. The van der Waals surface area contributed by atoms with E-state index < -0.39 is 0 Å². The molecule has 0 saturated carbocycles. The van der Waals surface area contributed by atoms with Crippen LogP contribution in [0.4, 0.5) is 5.95 Å². The summed E-state index contributed by atoms with van der Waals surface area (Å²) in [5.74, 6) is 0.830. The van der Waals surface area contributed by atoms with Crippen molar-refractivity contribution >= 4 is 11.9 Å². The highest BCUT2D eigenvalue weighted by Crippen LogP contribution is 2.21. The SMILES string of the molecule is CC(=O)NCCn1c(N)nc(CCc2cccc(-c3ccco3)c2)cc1=O. The van der Waals surface area contributed by atoms with Crippen LogP contribution in [0.2, 0.25) is 0 Å². The Hall–Kier alpha value is -3.35. The fourth-order valence-corrected chi connectivity index (χ4v) is 2.86. The van der Waals surface area contributed by atoms with E-state index in [0.717, 1.165) is 23.3 Å². The fraction of sp³-hybridized carbons (Fsp3) is 0.250. The van der Waals surface area contributed by atoms with Gasteiger partial charge in [-0.3, -0.25) is 14.2 Å². The summed E-state index contributed by atoms with van der Waals surface area (Å²) >= 11 is 0. The molecule has 0 radical (unpaired) electrons. The summed E-state index contributed by atoms with van der Waals surface area (Å²) in [6, 6.07) is 13.4. The lowest BCUT2D eigenvalue weighted by molar-refractivity contribution is -0.118. The number of nitrogens with two attached hydrogens (primary N) is 1. The van der Waals surface area contributed by atoms with Gasteiger partial charge in [0.2, 0.25) is 11.9 Å². The maximum Gasteiger partial charge on any atom is 0.255 e. The average molecular weight is 366 g/mol. The number of nitrogens with one attached hydrogen (secondary N) is 1. The van der Waals surface area contributed by atoms with Crippen molar-refractivity contribution in [2.24, 2.45) is 0 Å². The van der Waals surface area contributed by atoms with Crippen LogP contribution in [0.15, 0.2) is 57.9 Å². The molecule has 0 saturated heterocycles. The molecule has 3 N–H and O–H groups in total. The minimum atomic E-state index is -0.216. The minimum absolute atomic E-state index is 0.150. The second-order valence-corrected chi connectivity index (χ2v) is 6.26. The molecule has 3 rings (SSSR count). The molecule has 2 heterocycles. The Kier molecular flexibility index (Phi) is 5.71. The van der Waals surface area contributed by atoms with Gasteiger partial charge in [0, 0.05) is 31.6 Å². The summed E-state index contributed by atoms with van der Waals surface area (Å²) in [5.41, 5.74) is 8.49. The van der Waals surface area contributed by atoms with Crippen molar-refractivity contribution in [2.45, 2.75) is 26.3 Å². The van der Waals surface area contributed by atoms with E-state index >= 15 is 0 Å². The molecule has 7 heteroatoms. The zero-order valence-electron chi connectivity index (χ0n) is 15.1. The molecule has 0 aliphatic heterocycles. The van der Waals surface area contributed by atoms with E-state index in [2.05, 4.69) is 16.4 Å². The summed E-state index contributed by atoms with van der Waals surface area (Å²) in [7, 11) is 0. The molecule has 1 amide bonds. The molecule has 0 atom stereocenters. The van der Waals surface area contributed by atoms with Crippen LogP contribution in [0.5, 0.6) is 0 Å². The number of benzene rings is 1. The Morgan fingerprint density at radius 3 is 2.78 bits per heavy atom. The molecule has 1 aromatic carbocycles. The molecule has 3 aromatic rings. The maximum atomic E-state index is 12.3. The number of nitrogen functional groups attached to an aromatic ring is 1. The van der Waals surface area contributed by atoms with E-state index in [1.165, 1.54) is 17.6 Å². The molecule has 0 aliphatic rings. The molecule has 0 bridgehead atoms. The second kappa shape index (κ2) is 8.35. The molecule has 0 spiro atoms. The lowest BCUT2D eigenvalue weighted by Crippen LogP contribution is -2.31. The van der Waals surface area contributed by atoms with E-state index in [1.807, 2.05) is 30.3 Å². The number of furan rings is 1. The Morgan fingerprint density at radius 2 is 2.07 bits per heavy atom. The topological polar surface area (TPSA) is 103 Å². The third-order valence-electron chi connectivity index (χ3n) is 4.20. The Labute approximate surface area is 156 Å². The Morgan fingerprint density at radius 1 is 1.22 bits per heavy atom. The number of carbonyl (C=O) groups is 1. The van der Waals surface area contributed by atoms with Crippen LogP contribution in [0.1, 0.15) is 18.2 Å². The van der Waals surface area contributed by atoms with E-state index in [9.17, 15) is 9.59 Å². The van der Waals surface area contributed by atoms with Gasteiger partial charge in [-0.05, 0) is 36.6 Å². The quantitative estimate of drug-likeness (QED) is 0.666. The van der Waals surface area contributed by atoms with E-state index in [4.69, 9.17) is 10.2 Å². The van der Waals surface area contributed by atoms with Crippen molar-refractivity contribution in [2.75, 3.05) is 12.3 Å². The number of carbonyl (C=O) groups excluding carboxylic acids is 1. The van der Waals surface area contributed by atoms with Crippen molar-refractivity contribution in [1.82, 2.24) is 14.9 Å². The average Bonchev–Trinajstić information content (AvgIpc) is 3.17. The van der Waals surface area contributed by atoms with Crippen LogP contribution in [-0.4, -0.2) is 22.0 Å². The number of nitrogens with zero attached hydrogens (tertiary/aromatic N) is 2. The smallest absolute Gasteiger partial charge is 0.255 e. The number of rotatable bonds is 7. The van der Waals surface area contributed by atoms with Crippen molar-refractivity contribution < 1.29 is 9.21 Å². The van der Waals surface area contributed by atoms with Crippen molar-refractivity contribution in [3.05, 3.63) is 70.3 Å². The minimum Gasteiger partial charge on any atom is -0.464 e. The first-order valence-electron chi connectivity index (χ1n) is 8.76. The van der Waals surface area contributed by atoms with Gasteiger partial charge in [0.15, 0.2) is 0 Å². The van der Waals surface area contributed by atoms with E-state index in [0.29, 0.717) is 25.2 Å². The standard InChI is InChI=1S/C20H22N4O3/c1-14(25)22-9-10-24-19(26)13-17(23-20(24)21)8-7-15-4-2-5-16(12-15)18-6-3-11-27-18/h2-6,11-13H,7-10H2,1H3,(H2,21,23)(H,22,25). The first kappa shape index (κ1) is 18.4. The first-order valence-corrected chi connectivity index (χ1v) is 8.76. The predicted octanol–water partition coefficient (Wildman–Crippen LogP) is 2.01. The highest BCUT2D eigenvalue weighted by atomic mass is 16.3. The van der Waals surface area contributed by atoms with Gasteiger partial charge in [-0.2, -0.15) is 0 Å². The zero-order chi connectivity index (χ0) is 19.2. The van der Waals surface area contributed by atoms with Crippen LogP contribution < -0.4 is 16.6 Å². The molecule has 0 fully saturated rings. The van der Waals surface area contributed by atoms with Crippen LogP contribution >= 0.6 is 0 Å². The van der Waals surface area contributed by atoms with Gasteiger partial charge in [-0.25, -0.2) is 4.98 Å². The van der Waals surface area contributed by atoms with Crippen LogP contribution in [0.25, 0.3) is 11.3 Å². The third kappa shape index (κ3) is 4.84. The fourth-order valence-electron chi connectivity index (χ4n) is 2.86. The van der Waals surface area contributed by atoms with Gasteiger partial charge >= 0.3 is 0 Å². The lowest BCUT2D eigenvalue weighted by atomic mass is 10.0.